The number of hydrogen-bond acceptors (Lipinski definition) is 7. The normalized spacial score (nSPS) is 27.2. The van der Waals surface area contributed by atoms with E-state index < -0.39 is 35.0 Å². The van der Waals surface area contributed by atoms with E-state index in [9.17, 15) is 19.5 Å². The number of hydrogen-bond donors (Lipinski definition) is 1. The van der Waals surface area contributed by atoms with Crippen LogP contribution in [0.4, 0.5) is 11.4 Å². The van der Waals surface area contributed by atoms with Gasteiger partial charge in [-0.3, -0.25) is 14.4 Å². The van der Waals surface area contributed by atoms with Crippen LogP contribution in [0.5, 0.6) is 0 Å². The molecular weight excluding hydrogens is 546 g/mol. The van der Waals surface area contributed by atoms with E-state index in [-0.39, 0.29) is 31.6 Å². The Hall–Kier alpha value is -3.17. The van der Waals surface area contributed by atoms with Crippen LogP contribution in [-0.2, 0) is 23.9 Å². The third-order valence-corrected chi connectivity index (χ3v) is 9.49. The van der Waals surface area contributed by atoms with E-state index >= 15 is 0 Å². The Balaban J connectivity index is 1.69. The minimum atomic E-state index is -1.12. The standard InChI is InChI=1S/C34H49N3O6/c1-6-10-14-24-42-32(41)28-27-30(39)37(22-12-11-13-23-38)29(34(27)20-19-33(28,5)43-34)31(40)36(21-7-2)26-17-15-25(16-18-26)35(8-3)9-4/h6-7,15-18,27-29,38H,1-2,8-14,19-24H2,3-5H3/t27-,28+,29?,33-,34?/m0/s1. The number of aliphatic hydroxyl groups excluding tert-OH is 1. The predicted molar refractivity (Wildman–Crippen MR) is 168 cm³/mol. The third kappa shape index (κ3) is 6.11. The number of nitrogens with zero attached hydrogens (tertiary/aromatic N) is 3. The number of carbonyl (C=O) groups is 3. The number of amides is 2. The number of allylic oxidation sites excluding steroid dienone is 1. The number of anilines is 2. The van der Waals surface area contributed by atoms with Gasteiger partial charge >= 0.3 is 5.97 Å². The topological polar surface area (TPSA) is 99.6 Å². The molecule has 3 saturated heterocycles. The smallest absolute Gasteiger partial charge is 0.312 e. The lowest BCUT2D eigenvalue weighted by Gasteiger charge is -2.37. The Morgan fingerprint density at radius 3 is 2.40 bits per heavy atom. The summed E-state index contributed by atoms with van der Waals surface area (Å²) in [5, 5.41) is 9.31. The summed E-state index contributed by atoms with van der Waals surface area (Å²) in [6, 6.07) is 7.00. The van der Waals surface area contributed by atoms with Crippen LogP contribution in [0, 0.1) is 11.8 Å². The monoisotopic (exact) mass is 595 g/mol. The van der Waals surface area contributed by atoms with Gasteiger partial charge in [-0.2, -0.15) is 0 Å². The molecule has 0 radical (unpaired) electrons. The fraction of sp³-hybridized carbons (Fsp3) is 0.618. The largest absolute Gasteiger partial charge is 0.465 e. The second-order valence-corrected chi connectivity index (χ2v) is 12.1. The zero-order valence-electron chi connectivity index (χ0n) is 26.1. The lowest BCUT2D eigenvalue weighted by molar-refractivity contribution is -0.159. The van der Waals surface area contributed by atoms with Gasteiger partial charge in [0.1, 0.15) is 17.6 Å². The van der Waals surface area contributed by atoms with Crippen LogP contribution in [0.25, 0.3) is 0 Å². The third-order valence-electron chi connectivity index (χ3n) is 9.49. The molecule has 1 N–H and O–H groups in total. The molecule has 3 fully saturated rings. The van der Waals surface area contributed by atoms with Crippen LogP contribution < -0.4 is 9.80 Å². The molecule has 2 bridgehead atoms. The molecule has 0 aromatic heterocycles. The summed E-state index contributed by atoms with van der Waals surface area (Å²) >= 11 is 0. The van der Waals surface area contributed by atoms with Crippen molar-refractivity contribution in [3.8, 4) is 0 Å². The van der Waals surface area contributed by atoms with Gasteiger partial charge in [-0.1, -0.05) is 12.2 Å². The van der Waals surface area contributed by atoms with Crippen molar-refractivity contribution in [1.29, 1.82) is 0 Å². The van der Waals surface area contributed by atoms with Crippen molar-refractivity contribution in [2.24, 2.45) is 11.8 Å². The van der Waals surface area contributed by atoms with Crippen LogP contribution in [0.2, 0.25) is 0 Å². The predicted octanol–water partition coefficient (Wildman–Crippen LogP) is 4.49. The zero-order valence-corrected chi connectivity index (χ0v) is 26.1. The van der Waals surface area contributed by atoms with E-state index in [0.717, 1.165) is 31.6 Å². The average Bonchev–Trinajstić information content (AvgIpc) is 3.57. The van der Waals surface area contributed by atoms with Gasteiger partial charge in [0.25, 0.3) is 5.91 Å². The molecule has 2 amide bonds. The van der Waals surface area contributed by atoms with Crippen molar-refractivity contribution >= 4 is 29.2 Å². The van der Waals surface area contributed by atoms with Gasteiger partial charge in [0.05, 0.1) is 18.1 Å². The van der Waals surface area contributed by atoms with Gasteiger partial charge in [-0.25, -0.2) is 0 Å². The summed E-state index contributed by atoms with van der Waals surface area (Å²) in [7, 11) is 0. The molecule has 1 aromatic carbocycles. The average molecular weight is 596 g/mol. The number of fused-ring (bicyclic) bond motifs is 1. The van der Waals surface area contributed by atoms with Crippen molar-refractivity contribution < 1.29 is 29.0 Å². The van der Waals surface area contributed by atoms with Gasteiger partial charge in [0.2, 0.25) is 5.91 Å². The summed E-state index contributed by atoms with van der Waals surface area (Å²) in [4.78, 5) is 48.0. The van der Waals surface area contributed by atoms with E-state index in [1.165, 1.54) is 0 Å². The molecule has 5 atom stereocenters. The molecule has 0 saturated carbocycles. The van der Waals surface area contributed by atoms with Gasteiger partial charge < -0.3 is 29.3 Å². The van der Waals surface area contributed by atoms with Crippen molar-refractivity contribution in [1.82, 2.24) is 4.90 Å². The molecule has 2 unspecified atom stereocenters. The van der Waals surface area contributed by atoms with Crippen LogP contribution >= 0.6 is 0 Å². The number of ether oxygens (including phenoxy) is 2. The Bertz CT molecular complexity index is 1170. The zero-order chi connectivity index (χ0) is 31.2. The summed E-state index contributed by atoms with van der Waals surface area (Å²) in [6.45, 7) is 16.4. The Morgan fingerprint density at radius 2 is 1.77 bits per heavy atom. The molecule has 3 aliphatic heterocycles. The van der Waals surface area contributed by atoms with Crippen LogP contribution in [0.3, 0.4) is 0 Å². The van der Waals surface area contributed by atoms with Gasteiger partial charge in [0.15, 0.2) is 0 Å². The molecule has 0 aliphatic carbocycles. The molecular formula is C34H49N3O6. The SMILES string of the molecule is C=CCCCOC(=O)[C@H]1[C@H]2C(=O)N(CCCCCO)C(C(=O)N(CC=C)c3ccc(N(CC)CC)cc3)C23CC[C@]1(C)O3. The molecule has 43 heavy (non-hydrogen) atoms. The van der Waals surface area contributed by atoms with Crippen LogP contribution in [0.1, 0.15) is 65.7 Å². The Kier molecular flexibility index (Phi) is 10.7. The van der Waals surface area contributed by atoms with Gasteiger partial charge in [0, 0.05) is 44.2 Å². The lowest BCUT2D eigenvalue weighted by Crippen LogP contribution is -2.56. The maximum atomic E-state index is 14.7. The number of rotatable bonds is 17. The first-order valence-corrected chi connectivity index (χ1v) is 15.9. The highest BCUT2D eigenvalue weighted by molar-refractivity contribution is 6.05. The van der Waals surface area contributed by atoms with Gasteiger partial charge in [-0.15, -0.1) is 13.2 Å². The van der Waals surface area contributed by atoms with Crippen molar-refractivity contribution in [2.45, 2.75) is 83.0 Å². The minimum absolute atomic E-state index is 0.0701. The number of unbranched alkanes of at least 4 members (excludes halogenated alkanes) is 3. The number of likely N-dealkylation sites (tertiary alicyclic amines) is 1. The van der Waals surface area contributed by atoms with E-state index in [1.807, 2.05) is 31.2 Å². The quantitative estimate of drug-likeness (QED) is 0.161. The molecule has 9 heteroatoms. The van der Waals surface area contributed by atoms with Gasteiger partial charge in [-0.05, 0) is 90.0 Å². The first-order chi connectivity index (χ1) is 20.7. The molecule has 1 aromatic rings. The molecule has 3 heterocycles. The number of benzene rings is 1. The second kappa shape index (κ2) is 14.1. The van der Waals surface area contributed by atoms with Crippen molar-refractivity contribution in [3.63, 3.8) is 0 Å². The van der Waals surface area contributed by atoms with Crippen molar-refractivity contribution in [3.05, 3.63) is 49.6 Å². The summed E-state index contributed by atoms with van der Waals surface area (Å²) in [6.07, 6.45) is 7.88. The van der Waals surface area contributed by atoms with E-state index in [0.29, 0.717) is 44.3 Å². The Morgan fingerprint density at radius 1 is 1.07 bits per heavy atom. The summed E-state index contributed by atoms with van der Waals surface area (Å²) in [5.74, 6) is -2.47. The highest BCUT2D eigenvalue weighted by atomic mass is 16.6. The molecule has 9 nitrogen and oxygen atoms in total. The van der Waals surface area contributed by atoms with Crippen LogP contribution in [-0.4, -0.2) is 84.4 Å². The Labute approximate surface area is 256 Å². The fourth-order valence-electron chi connectivity index (χ4n) is 7.40. The highest BCUT2D eigenvalue weighted by Gasteiger charge is 2.78. The molecule has 1 spiro atoms. The first kappa shape index (κ1) is 32.7. The number of aliphatic hydroxyl groups is 1. The minimum Gasteiger partial charge on any atom is -0.465 e. The number of carbonyl (C=O) groups excluding carboxylic acids is 3. The summed E-state index contributed by atoms with van der Waals surface area (Å²) < 4.78 is 12.4. The van der Waals surface area contributed by atoms with E-state index in [2.05, 4.69) is 31.9 Å². The lowest BCUT2D eigenvalue weighted by atomic mass is 9.66. The highest BCUT2D eigenvalue weighted by Crippen LogP contribution is 2.63. The molecule has 236 valence electrons. The fourth-order valence-corrected chi connectivity index (χ4v) is 7.40. The van der Waals surface area contributed by atoms with E-state index in [1.54, 1.807) is 22.0 Å². The van der Waals surface area contributed by atoms with Crippen molar-refractivity contribution in [2.75, 3.05) is 49.2 Å². The number of esters is 1. The summed E-state index contributed by atoms with van der Waals surface area (Å²) in [5.41, 5.74) is -0.220. The molecule has 4 rings (SSSR count). The maximum absolute atomic E-state index is 14.7. The second-order valence-electron chi connectivity index (χ2n) is 12.1. The maximum Gasteiger partial charge on any atom is 0.312 e. The van der Waals surface area contributed by atoms with E-state index in [4.69, 9.17) is 9.47 Å². The first-order valence-electron chi connectivity index (χ1n) is 15.9. The van der Waals surface area contributed by atoms with Crippen LogP contribution in [0.15, 0.2) is 49.6 Å². The molecule has 3 aliphatic rings.